The SMILES string of the molecule is [CH2-]c1cccc(C)c1C.[Ti]. The van der Waals surface area contributed by atoms with Crippen molar-refractivity contribution in [1.82, 2.24) is 0 Å². The summed E-state index contributed by atoms with van der Waals surface area (Å²) in [6.45, 7) is 8.08. The van der Waals surface area contributed by atoms with E-state index in [1.807, 2.05) is 12.1 Å². The van der Waals surface area contributed by atoms with Crippen LogP contribution in [-0.4, -0.2) is 0 Å². The maximum absolute atomic E-state index is 3.88. The molecular weight excluding hydrogens is 156 g/mol. The Balaban J connectivity index is 0.000000810. The maximum atomic E-state index is 3.88. The van der Waals surface area contributed by atoms with E-state index in [1.54, 1.807) is 0 Å². The molecule has 1 heteroatoms. The van der Waals surface area contributed by atoms with E-state index in [2.05, 4.69) is 26.8 Å². The number of benzene rings is 1. The molecule has 0 radical (unpaired) electrons. The summed E-state index contributed by atoms with van der Waals surface area (Å²) in [5.41, 5.74) is 3.76. The predicted molar refractivity (Wildman–Crippen MR) is 40.4 cm³/mol. The Hall–Kier alpha value is -0.196. The Kier molecular flexibility index (Phi) is 3.77. The fourth-order valence-electron chi connectivity index (χ4n) is 0.812. The molecule has 52 valence electrons. The first kappa shape index (κ1) is 9.80. The van der Waals surface area contributed by atoms with Crippen molar-refractivity contribution in [2.45, 2.75) is 13.8 Å². The third kappa shape index (κ3) is 1.90. The van der Waals surface area contributed by atoms with Gasteiger partial charge in [0.25, 0.3) is 0 Å². The zero-order valence-corrected chi connectivity index (χ0v) is 8.00. The number of hydrogen-bond acceptors (Lipinski definition) is 0. The molecule has 0 amide bonds. The van der Waals surface area contributed by atoms with Crippen LogP contribution in [0.3, 0.4) is 0 Å². The second-order valence-corrected chi connectivity index (χ2v) is 2.36. The van der Waals surface area contributed by atoms with E-state index >= 15 is 0 Å². The van der Waals surface area contributed by atoms with Gasteiger partial charge in [-0.05, 0) is 0 Å². The molecule has 10 heavy (non-hydrogen) atoms. The zero-order chi connectivity index (χ0) is 6.85. The maximum Gasteiger partial charge on any atom is 0 e. The van der Waals surface area contributed by atoms with Crippen molar-refractivity contribution in [3.8, 4) is 0 Å². The van der Waals surface area contributed by atoms with Crippen molar-refractivity contribution >= 4 is 0 Å². The molecule has 0 aliphatic carbocycles. The first-order valence-electron chi connectivity index (χ1n) is 3.10. The molecular formula is C9H11Ti-. The molecule has 1 aromatic rings. The molecule has 0 nitrogen and oxygen atoms in total. The van der Waals surface area contributed by atoms with Crippen LogP contribution in [0.4, 0.5) is 0 Å². The van der Waals surface area contributed by atoms with Gasteiger partial charge in [0.2, 0.25) is 0 Å². The third-order valence-electron chi connectivity index (χ3n) is 1.72. The topological polar surface area (TPSA) is 0 Å². The average molecular weight is 167 g/mol. The van der Waals surface area contributed by atoms with Gasteiger partial charge in [-0.3, -0.25) is 0 Å². The van der Waals surface area contributed by atoms with Crippen molar-refractivity contribution in [3.05, 3.63) is 41.8 Å². The van der Waals surface area contributed by atoms with E-state index in [1.165, 1.54) is 11.1 Å². The van der Waals surface area contributed by atoms with Crippen LogP contribution in [0.2, 0.25) is 0 Å². The predicted octanol–water partition coefficient (Wildman–Crippen LogP) is 2.48. The zero-order valence-electron chi connectivity index (χ0n) is 6.44. The Morgan fingerprint density at radius 1 is 1.20 bits per heavy atom. The van der Waals surface area contributed by atoms with Gasteiger partial charge in [0.05, 0.1) is 0 Å². The molecule has 0 aliphatic rings. The largest absolute Gasteiger partial charge is 0.198 e. The van der Waals surface area contributed by atoms with Crippen LogP contribution in [0.25, 0.3) is 0 Å². The number of rotatable bonds is 0. The van der Waals surface area contributed by atoms with E-state index < -0.39 is 0 Å². The van der Waals surface area contributed by atoms with Gasteiger partial charge in [-0.2, -0.15) is 18.6 Å². The summed E-state index contributed by atoms with van der Waals surface area (Å²) in [7, 11) is 0. The van der Waals surface area contributed by atoms with Crippen LogP contribution in [0.1, 0.15) is 16.7 Å². The third-order valence-corrected chi connectivity index (χ3v) is 1.72. The molecule has 0 atom stereocenters. The van der Waals surface area contributed by atoms with Gasteiger partial charge in [0.15, 0.2) is 0 Å². The Labute approximate surface area is 77.5 Å². The smallest absolute Gasteiger partial charge is 0 e. The molecule has 0 aliphatic heterocycles. The molecule has 0 N–H and O–H groups in total. The Morgan fingerprint density at radius 3 is 2.20 bits per heavy atom. The molecule has 1 aromatic carbocycles. The average Bonchev–Trinajstić information content (AvgIpc) is 1.83. The minimum Gasteiger partial charge on any atom is -0.198 e. The molecule has 0 spiro atoms. The quantitative estimate of drug-likeness (QED) is 0.411. The molecule has 0 aromatic heterocycles. The van der Waals surface area contributed by atoms with Crippen LogP contribution in [-0.2, 0) is 21.7 Å². The van der Waals surface area contributed by atoms with Crippen LogP contribution >= 0.6 is 0 Å². The number of aryl methyl sites for hydroxylation is 1. The molecule has 1 rings (SSSR count). The first-order valence-corrected chi connectivity index (χ1v) is 3.10. The van der Waals surface area contributed by atoms with Crippen molar-refractivity contribution in [2.75, 3.05) is 0 Å². The van der Waals surface area contributed by atoms with Gasteiger partial charge < -0.3 is 0 Å². The monoisotopic (exact) mass is 167 g/mol. The van der Waals surface area contributed by atoms with E-state index in [-0.39, 0.29) is 21.7 Å². The Bertz CT molecular complexity index is 196. The Morgan fingerprint density at radius 2 is 1.80 bits per heavy atom. The summed E-state index contributed by atoms with van der Waals surface area (Å²) in [6.07, 6.45) is 0. The van der Waals surface area contributed by atoms with E-state index in [9.17, 15) is 0 Å². The fraction of sp³-hybridized carbons (Fsp3) is 0.222. The molecule has 0 heterocycles. The van der Waals surface area contributed by atoms with E-state index in [0.717, 1.165) is 5.56 Å². The summed E-state index contributed by atoms with van der Waals surface area (Å²) in [5, 5.41) is 0. The molecule has 0 saturated heterocycles. The van der Waals surface area contributed by atoms with Gasteiger partial charge in [0, 0.05) is 21.7 Å². The summed E-state index contributed by atoms with van der Waals surface area (Å²) < 4.78 is 0. The van der Waals surface area contributed by atoms with Gasteiger partial charge in [-0.1, -0.05) is 19.9 Å². The van der Waals surface area contributed by atoms with E-state index in [0.29, 0.717) is 0 Å². The standard InChI is InChI=1S/C9H11.Ti/c1-7-5-4-6-8(2)9(7)3;/h4-6H,1H2,2-3H3;/q-1;. The van der Waals surface area contributed by atoms with Gasteiger partial charge >= 0.3 is 0 Å². The first-order chi connectivity index (χ1) is 4.22. The molecule has 0 saturated carbocycles. The van der Waals surface area contributed by atoms with Crippen molar-refractivity contribution < 1.29 is 21.7 Å². The van der Waals surface area contributed by atoms with E-state index in [4.69, 9.17) is 0 Å². The second kappa shape index (κ2) is 3.85. The summed E-state index contributed by atoms with van der Waals surface area (Å²) in [5.74, 6) is 0. The molecule has 0 fully saturated rings. The summed E-state index contributed by atoms with van der Waals surface area (Å²) in [4.78, 5) is 0. The second-order valence-electron chi connectivity index (χ2n) is 2.36. The number of hydrogen-bond donors (Lipinski definition) is 0. The minimum atomic E-state index is 0. The van der Waals surface area contributed by atoms with Crippen molar-refractivity contribution in [2.24, 2.45) is 0 Å². The molecule has 0 unspecified atom stereocenters. The summed E-state index contributed by atoms with van der Waals surface area (Å²) in [6, 6.07) is 6.16. The van der Waals surface area contributed by atoms with Crippen LogP contribution in [0, 0.1) is 20.8 Å². The molecule has 0 bridgehead atoms. The van der Waals surface area contributed by atoms with Crippen molar-refractivity contribution in [3.63, 3.8) is 0 Å². The van der Waals surface area contributed by atoms with Crippen LogP contribution in [0.15, 0.2) is 18.2 Å². The van der Waals surface area contributed by atoms with Crippen LogP contribution < -0.4 is 0 Å². The van der Waals surface area contributed by atoms with Crippen molar-refractivity contribution in [1.29, 1.82) is 0 Å². The van der Waals surface area contributed by atoms with Gasteiger partial charge in [0.1, 0.15) is 0 Å². The van der Waals surface area contributed by atoms with Gasteiger partial charge in [-0.15, -0.1) is 17.2 Å². The summed E-state index contributed by atoms with van der Waals surface area (Å²) >= 11 is 0. The minimum absolute atomic E-state index is 0. The normalized spacial score (nSPS) is 8.60. The fourth-order valence-corrected chi connectivity index (χ4v) is 0.812. The van der Waals surface area contributed by atoms with Crippen LogP contribution in [0.5, 0.6) is 0 Å². The van der Waals surface area contributed by atoms with Gasteiger partial charge in [-0.25, -0.2) is 0 Å².